The zero-order chi connectivity index (χ0) is 13.2. The predicted molar refractivity (Wildman–Crippen MR) is 65.2 cm³/mol. The Morgan fingerprint density at radius 2 is 2.22 bits per heavy atom. The number of hydrogen-bond donors (Lipinski definition) is 0. The monoisotopic (exact) mass is 272 g/mol. The van der Waals surface area contributed by atoms with Crippen LogP contribution < -0.4 is 0 Å². The van der Waals surface area contributed by atoms with E-state index in [1.807, 2.05) is 0 Å². The summed E-state index contributed by atoms with van der Waals surface area (Å²) >= 11 is 0. The number of ether oxygens (including phenoxy) is 1. The maximum Gasteiger partial charge on any atom is 0.216 e. The smallest absolute Gasteiger partial charge is 0.216 e. The van der Waals surface area contributed by atoms with E-state index in [-0.39, 0.29) is 18.1 Å². The van der Waals surface area contributed by atoms with Gasteiger partial charge in [0.15, 0.2) is 15.6 Å². The van der Waals surface area contributed by atoms with E-state index in [9.17, 15) is 13.2 Å². The van der Waals surface area contributed by atoms with Crippen LogP contribution in [0, 0.1) is 0 Å². The van der Waals surface area contributed by atoms with Crippen molar-refractivity contribution < 1.29 is 22.4 Å². The molecule has 1 aromatic rings. The van der Waals surface area contributed by atoms with Gasteiger partial charge in [-0.15, -0.1) is 0 Å². The molecular formula is C12H16O5S. The van der Waals surface area contributed by atoms with Crippen molar-refractivity contribution in [1.29, 1.82) is 0 Å². The number of ketones is 1. The first-order valence-electron chi connectivity index (χ1n) is 5.88. The average Bonchev–Trinajstić information content (AvgIpc) is 2.77. The van der Waals surface area contributed by atoms with Crippen LogP contribution in [-0.2, 0) is 21.2 Å². The summed E-state index contributed by atoms with van der Waals surface area (Å²) in [6.07, 6.45) is 1.79. The molecule has 0 saturated carbocycles. The summed E-state index contributed by atoms with van der Waals surface area (Å²) < 4.78 is 33.9. The number of rotatable bonds is 4. The van der Waals surface area contributed by atoms with Crippen molar-refractivity contribution in [3.63, 3.8) is 0 Å². The molecule has 1 fully saturated rings. The third-order valence-corrected chi connectivity index (χ3v) is 5.24. The Morgan fingerprint density at radius 3 is 2.89 bits per heavy atom. The minimum atomic E-state index is -3.31. The van der Waals surface area contributed by atoms with Gasteiger partial charge >= 0.3 is 0 Å². The first-order chi connectivity index (χ1) is 8.54. The van der Waals surface area contributed by atoms with E-state index in [1.54, 1.807) is 6.07 Å². The average molecular weight is 272 g/mol. The van der Waals surface area contributed by atoms with Crippen LogP contribution in [0.2, 0.25) is 0 Å². The van der Waals surface area contributed by atoms with Crippen molar-refractivity contribution in [3.05, 3.63) is 23.7 Å². The highest BCUT2D eigenvalue weighted by Gasteiger charge is 2.36. The molecule has 1 aliphatic heterocycles. The lowest BCUT2D eigenvalue weighted by Gasteiger charge is -2.19. The molecule has 0 aromatic carbocycles. The van der Waals surface area contributed by atoms with Crippen molar-refractivity contribution in [1.82, 2.24) is 0 Å². The molecule has 2 heterocycles. The van der Waals surface area contributed by atoms with Crippen LogP contribution in [0.15, 0.2) is 16.5 Å². The maximum absolute atomic E-state index is 12.1. The van der Waals surface area contributed by atoms with Crippen molar-refractivity contribution in [2.45, 2.75) is 31.1 Å². The van der Waals surface area contributed by atoms with Crippen LogP contribution in [0.25, 0.3) is 0 Å². The standard InChI is InChI=1S/C12H16O5S/c1-16-8-9-5-6-10(17-9)12(13)11-4-2-3-7-18(11,14)15/h5-6,11H,2-4,7-8H2,1H3. The Morgan fingerprint density at radius 1 is 1.44 bits per heavy atom. The minimum absolute atomic E-state index is 0.0923. The molecule has 0 amide bonds. The van der Waals surface area contributed by atoms with Crippen LogP contribution in [0.3, 0.4) is 0 Å². The molecule has 100 valence electrons. The molecule has 0 N–H and O–H groups in total. The molecule has 0 spiro atoms. The Labute approximate surface area is 106 Å². The summed E-state index contributed by atoms with van der Waals surface area (Å²) in [6.45, 7) is 0.269. The lowest BCUT2D eigenvalue weighted by atomic mass is 10.1. The summed E-state index contributed by atoms with van der Waals surface area (Å²) in [5.74, 6) is 0.290. The Hall–Kier alpha value is -1.14. The number of carbonyl (C=O) groups excluding carboxylic acids is 1. The third-order valence-electron chi connectivity index (χ3n) is 3.06. The highest BCUT2D eigenvalue weighted by Crippen LogP contribution is 2.24. The molecule has 0 radical (unpaired) electrons. The van der Waals surface area contributed by atoms with Gasteiger partial charge in [-0.25, -0.2) is 8.42 Å². The number of Topliss-reactive ketones (excluding diaryl/α,β-unsaturated/α-hetero) is 1. The topological polar surface area (TPSA) is 73.6 Å². The van der Waals surface area contributed by atoms with Gasteiger partial charge in [0.05, 0.1) is 5.75 Å². The van der Waals surface area contributed by atoms with Gasteiger partial charge in [-0.2, -0.15) is 0 Å². The molecule has 1 atom stereocenters. The summed E-state index contributed by atoms with van der Waals surface area (Å²) in [4.78, 5) is 12.1. The highest BCUT2D eigenvalue weighted by molar-refractivity contribution is 7.92. The van der Waals surface area contributed by atoms with Crippen LogP contribution in [-0.4, -0.2) is 32.3 Å². The number of sulfone groups is 1. The van der Waals surface area contributed by atoms with Gasteiger partial charge in [0, 0.05) is 7.11 Å². The molecule has 1 saturated heterocycles. The molecular weight excluding hydrogens is 256 g/mol. The van der Waals surface area contributed by atoms with E-state index in [0.29, 0.717) is 18.6 Å². The maximum atomic E-state index is 12.1. The number of furan rings is 1. The van der Waals surface area contributed by atoms with Gasteiger partial charge in [-0.05, 0) is 25.0 Å². The van der Waals surface area contributed by atoms with E-state index in [2.05, 4.69) is 0 Å². The van der Waals surface area contributed by atoms with E-state index in [0.717, 1.165) is 6.42 Å². The van der Waals surface area contributed by atoms with Gasteiger partial charge in [0.1, 0.15) is 17.6 Å². The van der Waals surface area contributed by atoms with Crippen LogP contribution in [0.4, 0.5) is 0 Å². The molecule has 6 heteroatoms. The van der Waals surface area contributed by atoms with Crippen LogP contribution >= 0.6 is 0 Å². The zero-order valence-electron chi connectivity index (χ0n) is 10.2. The van der Waals surface area contributed by atoms with Crippen molar-refractivity contribution in [2.24, 2.45) is 0 Å². The second kappa shape index (κ2) is 5.24. The van der Waals surface area contributed by atoms with Crippen LogP contribution in [0.5, 0.6) is 0 Å². The Balaban J connectivity index is 2.19. The highest BCUT2D eigenvalue weighted by atomic mass is 32.2. The predicted octanol–water partition coefficient (Wildman–Crippen LogP) is 1.58. The van der Waals surface area contributed by atoms with Gasteiger partial charge in [0.25, 0.3) is 0 Å². The zero-order valence-corrected chi connectivity index (χ0v) is 11.0. The molecule has 18 heavy (non-hydrogen) atoms. The Kier molecular flexibility index (Phi) is 3.87. The largest absolute Gasteiger partial charge is 0.455 e. The fourth-order valence-electron chi connectivity index (χ4n) is 2.14. The molecule has 1 unspecified atom stereocenters. The van der Waals surface area contributed by atoms with E-state index in [4.69, 9.17) is 9.15 Å². The van der Waals surface area contributed by atoms with Crippen molar-refractivity contribution in [2.75, 3.05) is 12.9 Å². The lowest BCUT2D eigenvalue weighted by molar-refractivity contribution is 0.0946. The summed E-state index contributed by atoms with van der Waals surface area (Å²) in [5, 5.41) is -0.937. The fraction of sp³-hybridized carbons (Fsp3) is 0.583. The summed E-state index contributed by atoms with van der Waals surface area (Å²) in [7, 11) is -1.79. The van der Waals surface area contributed by atoms with Crippen LogP contribution in [0.1, 0.15) is 35.6 Å². The second-order valence-corrected chi connectivity index (χ2v) is 6.72. The molecule has 0 aliphatic carbocycles. The minimum Gasteiger partial charge on any atom is -0.455 e. The summed E-state index contributed by atoms with van der Waals surface area (Å²) in [5.41, 5.74) is 0. The molecule has 0 bridgehead atoms. The van der Waals surface area contributed by atoms with Crippen molar-refractivity contribution in [3.8, 4) is 0 Å². The first-order valence-corrected chi connectivity index (χ1v) is 7.59. The SMILES string of the molecule is COCc1ccc(C(=O)C2CCCCS2(=O)=O)o1. The molecule has 1 aromatic heterocycles. The van der Waals surface area contributed by atoms with E-state index in [1.165, 1.54) is 13.2 Å². The normalized spacial score (nSPS) is 22.8. The number of methoxy groups -OCH3 is 1. The molecule has 5 nitrogen and oxygen atoms in total. The Bertz CT molecular complexity index is 528. The number of carbonyl (C=O) groups is 1. The molecule has 2 rings (SSSR count). The van der Waals surface area contributed by atoms with Crippen molar-refractivity contribution >= 4 is 15.6 Å². The van der Waals surface area contributed by atoms with Gasteiger partial charge < -0.3 is 9.15 Å². The quantitative estimate of drug-likeness (QED) is 0.778. The van der Waals surface area contributed by atoms with Gasteiger partial charge in [0.2, 0.25) is 5.78 Å². The number of hydrogen-bond acceptors (Lipinski definition) is 5. The second-order valence-electron chi connectivity index (χ2n) is 4.41. The van der Waals surface area contributed by atoms with E-state index < -0.39 is 20.9 Å². The lowest BCUT2D eigenvalue weighted by Crippen LogP contribution is -2.35. The molecule has 1 aliphatic rings. The van der Waals surface area contributed by atoms with E-state index >= 15 is 0 Å². The fourth-order valence-corrected chi connectivity index (χ4v) is 4.00. The third kappa shape index (κ3) is 2.64. The van der Waals surface area contributed by atoms with Gasteiger partial charge in [-0.3, -0.25) is 4.79 Å². The summed E-state index contributed by atoms with van der Waals surface area (Å²) in [6, 6.07) is 3.15. The van der Waals surface area contributed by atoms with Gasteiger partial charge in [-0.1, -0.05) is 6.42 Å². The first kappa shape index (κ1) is 13.3.